The molecule has 2 amide bonds. The molecule has 1 unspecified atom stereocenters. The Hall–Kier alpha value is -1.63. The third-order valence-corrected chi connectivity index (χ3v) is 3.65. The van der Waals surface area contributed by atoms with Crippen LogP contribution in [0.2, 0.25) is 0 Å². The molecule has 0 saturated carbocycles. The van der Waals surface area contributed by atoms with Crippen LogP contribution < -0.4 is 5.32 Å². The summed E-state index contributed by atoms with van der Waals surface area (Å²) in [5, 5.41) is 2.94. The molecule has 0 radical (unpaired) electrons. The molecule has 0 bridgehead atoms. The van der Waals surface area contributed by atoms with Crippen molar-refractivity contribution in [3.8, 4) is 0 Å². The van der Waals surface area contributed by atoms with Crippen molar-refractivity contribution in [2.45, 2.75) is 39.6 Å². The molecule has 2 rings (SSSR count). The van der Waals surface area contributed by atoms with Crippen LogP contribution in [0.25, 0.3) is 0 Å². The maximum Gasteiger partial charge on any atom is 0.322 e. The molecule has 1 N–H and O–H groups in total. The molecule has 134 valence electrons. The van der Waals surface area contributed by atoms with Crippen molar-refractivity contribution in [2.75, 3.05) is 38.2 Å². The molecular weight excluding hydrogens is 308 g/mol. The minimum absolute atomic E-state index is 0.0808. The van der Waals surface area contributed by atoms with Gasteiger partial charge in [0.1, 0.15) is 0 Å². The largest absolute Gasteiger partial charge is 0.376 e. The molecule has 0 aliphatic carbocycles. The van der Waals surface area contributed by atoms with E-state index in [1.807, 2.05) is 45.0 Å². The lowest BCUT2D eigenvalue weighted by Gasteiger charge is -2.31. The Balaban J connectivity index is 1.78. The number of nitrogens with one attached hydrogen (secondary N) is 1. The van der Waals surface area contributed by atoms with E-state index in [4.69, 9.17) is 14.2 Å². The summed E-state index contributed by atoms with van der Waals surface area (Å²) in [6.45, 7) is 9.44. The Labute approximate surface area is 144 Å². The van der Waals surface area contributed by atoms with Gasteiger partial charge in [-0.1, -0.05) is 12.1 Å². The first kappa shape index (κ1) is 18.7. The van der Waals surface area contributed by atoms with Crippen LogP contribution in [0.3, 0.4) is 0 Å². The first-order valence-corrected chi connectivity index (χ1v) is 8.50. The number of rotatable bonds is 7. The van der Waals surface area contributed by atoms with E-state index in [1.165, 1.54) is 0 Å². The van der Waals surface area contributed by atoms with Crippen LogP contribution >= 0.6 is 0 Å². The van der Waals surface area contributed by atoms with Gasteiger partial charge in [-0.15, -0.1) is 0 Å². The van der Waals surface area contributed by atoms with Crippen molar-refractivity contribution in [1.82, 2.24) is 4.90 Å². The standard InChI is InChI=1S/C18H28N2O4/c1-14(2)23-10-9-22-13-16-5-4-6-17(11-16)19-18(21)20-7-8-24-15(3)12-20/h4-6,11,14-15H,7-10,12-13H2,1-3H3,(H,19,21). The van der Waals surface area contributed by atoms with E-state index in [1.54, 1.807) is 4.90 Å². The highest BCUT2D eigenvalue weighted by atomic mass is 16.5. The molecule has 1 heterocycles. The molecular formula is C18H28N2O4. The Morgan fingerprint density at radius 2 is 2.25 bits per heavy atom. The van der Waals surface area contributed by atoms with E-state index < -0.39 is 0 Å². The monoisotopic (exact) mass is 336 g/mol. The van der Waals surface area contributed by atoms with Gasteiger partial charge in [-0.05, 0) is 38.5 Å². The molecule has 1 atom stereocenters. The van der Waals surface area contributed by atoms with Gasteiger partial charge in [0.2, 0.25) is 0 Å². The number of carbonyl (C=O) groups excluding carboxylic acids is 1. The highest BCUT2D eigenvalue weighted by molar-refractivity contribution is 5.89. The van der Waals surface area contributed by atoms with E-state index in [2.05, 4.69) is 5.32 Å². The first-order chi connectivity index (χ1) is 11.5. The number of amides is 2. The van der Waals surface area contributed by atoms with Gasteiger partial charge in [0.05, 0.1) is 38.6 Å². The predicted molar refractivity (Wildman–Crippen MR) is 93.2 cm³/mol. The number of nitrogens with zero attached hydrogens (tertiary/aromatic N) is 1. The molecule has 1 fully saturated rings. The lowest BCUT2D eigenvalue weighted by Crippen LogP contribution is -2.46. The summed E-state index contributed by atoms with van der Waals surface area (Å²) in [5.74, 6) is 0. The molecule has 1 aliphatic heterocycles. The van der Waals surface area contributed by atoms with Crippen LogP contribution in [-0.2, 0) is 20.8 Å². The number of hydrogen-bond acceptors (Lipinski definition) is 4. The molecule has 24 heavy (non-hydrogen) atoms. The van der Waals surface area contributed by atoms with Gasteiger partial charge in [-0.3, -0.25) is 0 Å². The third kappa shape index (κ3) is 6.47. The highest BCUT2D eigenvalue weighted by Crippen LogP contribution is 2.14. The van der Waals surface area contributed by atoms with Gasteiger partial charge >= 0.3 is 6.03 Å². The maximum absolute atomic E-state index is 12.3. The van der Waals surface area contributed by atoms with E-state index >= 15 is 0 Å². The molecule has 1 aliphatic rings. The Kier molecular flexibility index (Phi) is 7.49. The number of carbonyl (C=O) groups is 1. The normalized spacial score (nSPS) is 18.0. The fourth-order valence-electron chi connectivity index (χ4n) is 2.48. The molecule has 0 aromatic heterocycles. The minimum Gasteiger partial charge on any atom is -0.376 e. The Morgan fingerprint density at radius 3 is 3.00 bits per heavy atom. The SMILES string of the molecule is CC(C)OCCOCc1cccc(NC(=O)N2CCOC(C)C2)c1. The zero-order valence-corrected chi connectivity index (χ0v) is 14.8. The highest BCUT2D eigenvalue weighted by Gasteiger charge is 2.21. The van der Waals surface area contributed by atoms with Crippen molar-refractivity contribution in [3.63, 3.8) is 0 Å². The summed E-state index contributed by atoms with van der Waals surface area (Å²) >= 11 is 0. The van der Waals surface area contributed by atoms with E-state index in [9.17, 15) is 4.79 Å². The van der Waals surface area contributed by atoms with Gasteiger partial charge in [0, 0.05) is 18.8 Å². The van der Waals surface area contributed by atoms with E-state index in [0.717, 1.165) is 11.3 Å². The Bertz CT molecular complexity index is 521. The molecule has 0 spiro atoms. The van der Waals surface area contributed by atoms with Crippen molar-refractivity contribution >= 4 is 11.7 Å². The number of hydrogen-bond donors (Lipinski definition) is 1. The van der Waals surface area contributed by atoms with Gasteiger partial charge in [-0.25, -0.2) is 4.79 Å². The van der Waals surface area contributed by atoms with Gasteiger partial charge < -0.3 is 24.4 Å². The summed E-state index contributed by atoms with van der Waals surface area (Å²) in [6, 6.07) is 7.63. The van der Waals surface area contributed by atoms with Crippen molar-refractivity contribution in [2.24, 2.45) is 0 Å². The molecule has 1 aromatic carbocycles. The van der Waals surface area contributed by atoms with Crippen LogP contribution in [0, 0.1) is 0 Å². The smallest absolute Gasteiger partial charge is 0.322 e. The van der Waals surface area contributed by atoms with E-state index in [-0.39, 0.29) is 18.2 Å². The summed E-state index contributed by atoms with van der Waals surface area (Å²) in [5.41, 5.74) is 1.80. The van der Waals surface area contributed by atoms with Gasteiger partial charge in [0.25, 0.3) is 0 Å². The minimum atomic E-state index is -0.0893. The van der Waals surface area contributed by atoms with Crippen molar-refractivity contribution in [3.05, 3.63) is 29.8 Å². The summed E-state index contributed by atoms with van der Waals surface area (Å²) < 4.78 is 16.5. The lowest BCUT2D eigenvalue weighted by atomic mass is 10.2. The average Bonchev–Trinajstić information content (AvgIpc) is 2.54. The number of morpholine rings is 1. The zero-order chi connectivity index (χ0) is 17.4. The van der Waals surface area contributed by atoms with Crippen LogP contribution in [0.5, 0.6) is 0 Å². The fourth-order valence-corrected chi connectivity index (χ4v) is 2.48. The topological polar surface area (TPSA) is 60.0 Å². The molecule has 1 saturated heterocycles. The summed E-state index contributed by atoms with van der Waals surface area (Å²) in [6.07, 6.45) is 0.298. The number of anilines is 1. The fraction of sp³-hybridized carbons (Fsp3) is 0.611. The second-order valence-electron chi connectivity index (χ2n) is 6.23. The number of urea groups is 1. The summed E-state index contributed by atoms with van der Waals surface area (Å²) in [4.78, 5) is 14.1. The zero-order valence-electron chi connectivity index (χ0n) is 14.8. The number of ether oxygens (including phenoxy) is 3. The van der Waals surface area contributed by atoms with Crippen LogP contribution in [0.1, 0.15) is 26.3 Å². The lowest BCUT2D eigenvalue weighted by molar-refractivity contribution is -0.00138. The first-order valence-electron chi connectivity index (χ1n) is 8.50. The van der Waals surface area contributed by atoms with E-state index in [0.29, 0.717) is 39.5 Å². The molecule has 6 heteroatoms. The second kappa shape index (κ2) is 9.61. The van der Waals surface area contributed by atoms with Crippen molar-refractivity contribution in [1.29, 1.82) is 0 Å². The quantitative estimate of drug-likeness (QED) is 0.778. The van der Waals surface area contributed by atoms with Crippen LogP contribution in [-0.4, -0.2) is 56.0 Å². The maximum atomic E-state index is 12.3. The average molecular weight is 336 g/mol. The molecule has 1 aromatic rings. The molecule has 6 nitrogen and oxygen atoms in total. The second-order valence-corrected chi connectivity index (χ2v) is 6.23. The van der Waals surface area contributed by atoms with Crippen LogP contribution in [0.4, 0.5) is 10.5 Å². The number of benzene rings is 1. The predicted octanol–water partition coefficient (Wildman–Crippen LogP) is 2.88. The summed E-state index contributed by atoms with van der Waals surface area (Å²) in [7, 11) is 0. The van der Waals surface area contributed by atoms with Crippen molar-refractivity contribution < 1.29 is 19.0 Å². The van der Waals surface area contributed by atoms with Gasteiger partial charge in [-0.2, -0.15) is 0 Å². The third-order valence-electron chi connectivity index (χ3n) is 3.65. The Morgan fingerprint density at radius 1 is 1.42 bits per heavy atom. The van der Waals surface area contributed by atoms with Crippen LogP contribution in [0.15, 0.2) is 24.3 Å². The van der Waals surface area contributed by atoms with Gasteiger partial charge in [0.15, 0.2) is 0 Å².